The highest BCUT2D eigenvalue weighted by Crippen LogP contribution is 2.22. The molecule has 0 spiro atoms. The van der Waals surface area contributed by atoms with Crippen LogP contribution in [0.3, 0.4) is 0 Å². The molecule has 0 unspecified atom stereocenters. The summed E-state index contributed by atoms with van der Waals surface area (Å²) in [6.07, 6.45) is 5.60. The van der Waals surface area contributed by atoms with Gasteiger partial charge in [0.2, 0.25) is 11.8 Å². The van der Waals surface area contributed by atoms with Crippen molar-refractivity contribution in [1.29, 1.82) is 0 Å². The van der Waals surface area contributed by atoms with Gasteiger partial charge in [0, 0.05) is 23.3 Å². The van der Waals surface area contributed by atoms with Crippen LogP contribution in [0, 0.1) is 5.92 Å². The van der Waals surface area contributed by atoms with E-state index >= 15 is 0 Å². The molecule has 0 bridgehead atoms. The van der Waals surface area contributed by atoms with Crippen molar-refractivity contribution in [3.8, 4) is 0 Å². The quantitative estimate of drug-likeness (QED) is 0.802. The fourth-order valence-electron chi connectivity index (χ4n) is 2.97. The molecule has 7 heteroatoms. The van der Waals surface area contributed by atoms with Gasteiger partial charge in [-0.05, 0) is 67.2 Å². The summed E-state index contributed by atoms with van der Waals surface area (Å²) in [6, 6.07) is 3.80. The monoisotopic (exact) mass is 394 g/mol. The minimum atomic E-state index is -0.188. The maximum Gasteiger partial charge on any atom is 0.237 e. The second kappa shape index (κ2) is 7.61. The van der Waals surface area contributed by atoms with E-state index in [4.69, 9.17) is 0 Å². The molecule has 0 aromatic carbocycles. The molecule has 24 heavy (non-hydrogen) atoms. The summed E-state index contributed by atoms with van der Waals surface area (Å²) in [5, 5.41) is 5.92. The predicted molar refractivity (Wildman–Crippen MR) is 95.5 cm³/mol. The molecule has 1 saturated heterocycles. The average Bonchev–Trinajstić information content (AvgIpc) is 3.40. The number of carbonyl (C=O) groups is 2. The highest BCUT2D eigenvalue weighted by molar-refractivity contribution is 9.10. The third kappa shape index (κ3) is 4.54. The summed E-state index contributed by atoms with van der Waals surface area (Å²) < 4.78 is 0.875. The number of hydrogen-bond acceptors (Lipinski definition) is 4. The topological polar surface area (TPSA) is 74.3 Å². The highest BCUT2D eigenvalue weighted by Gasteiger charge is 2.33. The summed E-state index contributed by atoms with van der Waals surface area (Å²) in [4.78, 5) is 31.0. The van der Waals surface area contributed by atoms with Crippen LogP contribution in [0.25, 0.3) is 0 Å². The lowest BCUT2D eigenvalue weighted by Crippen LogP contribution is -2.51. The molecular formula is C17H23BrN4O2. The standard InChI is InChI=1S/C17H23BrN4O2/c1-11(16(23)20-14-5-6-14)22-8-2-3-12(10-22)17(24)21-15-7-4-13(18)9-19-15/h4,7,9,11-12,14H,2-3,5-6,8,10H2,1H3,(H,20,23)(H,19,21,24)/t11-,12-/m1/s1. The first-order valence-electron chi connectivity index (χ1n) is 8.50. The maximum absolute atomic E-state index is 12.5. The van der Waals surface area contributed by atoms with Gasteiger partial charge in [-0.3, -0.25) is 14.5 Å². The number of hydrogen-bond donors (Lipinski definition) is 2. The second-order valence-corrected chi connectivity index (χ2v) is 7.56. The van der Waals surface area contributed by atoms with E-state index in [-0.39, 0.29) is 23.8 Å². The van der Waals surface area contributed by atoms with Crippen molar-refractivity contribution in [2.45, 2.75) is 44.7 Å². The molecule has 130 valence electrons. The third-order valence-corrected chi connectivity index (χ3v) is 5.12. The minimum Gasteiger partial charge on any atom is -0.352 e. The van der Waals surface area contributed by atoms with E-state index in [1.54, 1.807) is 12.3 Å². The van der Waals surface area contributed by atoms with Gasteiger partial charge in [0.05, 0.1) is 12.0 Å². The Morgan fingerprint density at radius 2 is 2.12 bits per heavy atom. The lowest BCUT2D eigenvalue weighted by atomic mass is 9.96. The van der Waals surface area contributed by atoms with Crippen LogP contribution in [-0.4, -0.2) is 46.9 Å². The van der Waals surface area contributed by atoms with Crippen molar-refractivity contribution < 1.29 is 9.59 Å². The Hall–Kier alpha value is -1.47. The van der Waals surface area contributed by atoms with Crippen LogP contribution in [0.4, 0.5) is 5.82 Å². The Kier molecular flexibility index (Phi) is 5.50. The van der Waals surface area contributed by atoms with Crippen LogP contribution in [0.1, 0.15) is 32.6 Å². The smallest absolute Gasteiger partial charge is 0.237 e. The molecule has 2 N–H and O–H groups in total. The Morgan fingerprint density at radius 3 is 2.79 bits per heavy atom. The number of likely N-dealkylation sites (tertiary alicyclic amines) is 1. The lowest BCUT2D eigenvalue weighted by Gasteiger charge is -2.35. The largest absolute Gasteiger partial charge is 0.352 e. The van der Waals surface area contributed by atoms with Gasteiger partial charge in [-0.15, -0.1) is 0 Å². The lowest BCUT2D eigenvalue weighted by molar-refractivity contribution is -0.129. The van der Waals surface area contributed by atoms with E-state index in [2.05, 4.69) is 36.4 Å². The molecule has 3 rings (SSSR count). The van der Waals surface area contributed by atoms with E-state index in [1.165, 1.54) is 0 Å². The van der Waals surface area contributed by atoms with Crippen molar-refractivity contribution in [3.63, 3.8) is 0 Å². The number of rotatable bonds is 5. The van der Waals surface area contributed by atoms with Crippen molar-refractivity contribution in [3.05, 3.63) is 22.8 Å². The molecule has 1 aromatic heterocycles. The zero-order valence-corrected chi connectivity index (χ0v) is 15.4. The molecule has 1 aromatic rings. The predicted octanol–water partition coefficient (Wildman–Crippen LogP) is 2.16. The summed E-state index contributed by atoms with van der Waals surface area (Å²) in [6.45, 7) is 3.40. The number of piperidine rings is 1. The molecule has 1 aliphatic heterocycles. The third-order valence-electron chi connectivity index (χ3n) is 4.65. The van der Waals surface area contributed by atoms with Gasteiger partial charge in [-0.25, -0.2) is 4.98 Å². The zero-order chi connectivity index (χ0) is 17.1. The highest BCUT2D eigenvalue weighted by atomic mass is 79.9. The Labute approximate surface area is 150 Å². The van der Waals surface area contributed by atoms with Gasteiger partial charge >= 0.3 is 0 Å². The summed E-state index contributed by atoms with van der Waals surface area (Å²) in [5.41, 5.74) is 0. The van der Waals surface area contributed by atoms with Crippen LogP contribution in [0.5, 0.6) is 0 Å². The Balaban J connectivity index is 1.54. The first-order chi connectivity index (χ1) is 11.5. The molecular weight excluding hydrogens is 372 g/mol. The van der Waals surface area contributed by atoms with Gasteiger partial charge < -0.3 is 10.6 Å². The Bertz CT molecular complexity index is 603. The van der Waals surface area contributed by atoms with Crippen molar-refractivity contribution in [1.82, 2.24) is 15.2 Å². The van der Waals surface area contributed by atoms with Gasteiger partial charge in [-0.2, -0.15) is 0 Å². The van der Waals surface area contributed by atoms with Crippen molar-refractivity contribution >= 4 is 33.6 Å². The minimum absolute atomic E-state index is 0.0238. The van der Waals surface area contributed by atoms with Gasteiger partial charge in [0.15, 0.2) is 0 Å². The van der Waals surface area contributed by atoms with Gasteiger partial charge in [0.25, 0.3) is 0 Å². The van der Waals surface area contributed by atoms with E-state index in [1.807, 2.05) is 13.0 Å². The van der Waals surface area contributed by atoms with E-state index in [0.29, 0.717) is 18.4 Å². The fraction of sp³-hybridized carbons (Fsp3) is 0.588. The normalized spacial score (nSPS) is 22.7. The van der Waals surface area contributed by atoms with Gasteiger partial charge in [-0.1, -0.05) is 0 Å². The molecule has 2 atom stereocenters. The molecule has 2 aliphatic rings. The number of nitrogens with zero attached hydrogens (tertiary/aromatic N) is 2. The van der Waals surface area contributed by atoms with E-state index < -0.39 is 0 Å². The maximum atomic E-state index is 12.5. The van der Waals surface area contributed by atoms with Crippen LogP contribution in [-0.2, 0) is 9.59 Å². The van der Waals surface area contributed by atoms with E-state index in [0.717, 1.165) is 36.7 Å². The van der Waals surface area contributed by atoms with Crippen molar-refractivity contribution in [2.24, 2.45) is 5.92 Å². The molecule has 2 heterocycles. The summed E-state index contributed by atoms with van der Waals surface area (Å²) in [5.74, 6) is 0.498. The number of anilines is 1. The second-order valence-electron chi connectivity index (χ2n) is 6.64. The first kappa shape index (κ1) is 17.4. The number of nitrogens with one attached hydrogen (secondary N) is 2. The van der Waals surface area contributed by atoms with Crippen molar-refractivity contribution in [2.75, 3.05) is 18.4 Å². The summed E-state index contributed by atoms with van der Waals surface area (Å²) >= 11 is 3.33. The molecule has 6 nitrogen and oxygen atoms in total. The number of halogens is 1. The number of pyridine rings is 1. The van der Waals surface area contributed by atoms with Crippen LogP contribution in [0.2, 0.25) is 0 Å². The summed E-state index contributed by atoms with van der Waals surface area (Å²) in [7, 11) is 0. The fourth-order valence-corrected chi connectivity index (χ4v) is 3.20. The SMILES string of the molecule is C[C@H](C(=O)NC1CC1)N1CCC[C@@H](C(=O)Nc2ccc(Br)cn2)C1. The molecule has 0 radical (unpaired) electrons. The van der Waals surface area contributed by atoms with Gasteiger partial charge in [0.1, 0.15) is 5.82 Å². The first-order valence-corrected chi connectivity index (χ1v) is 9.29. The molecule has 1 saturated carbocycles. The van der Waals surface area contributed by atoms with Crippen LogP contribution in [0.15, 0.2) is 22.8 Å². The molecule has 2 amide bonds. The number of carbonyl (C=O) groups excluding carboxylic acids is 2. The molecule has 1 aliphatic carbocycles. The van der Waals surface area contributed by atoms with Crippen LogP contribution < -0.4 is 10.6 Å². The number of aromatic nitrogens is 1. The zero-order valence-electron chi connectivity index (χ0n) is 13.8. The van der Waals surface area contributed by atoms with Crippen LogP contribution >= 0.6 is 15.9 Å². The molecule has 2 fully saturated rings. The number of amides is 2. The Morgan fingerprint density at radius 1 is 1.33 bits per heavy atom. The average molecular weight is 395 g/mol. The van der Waals surface area contributed by atoms with E-state index in [9.17, 15) is 9.59 Å².